The van der Waals surface area contributed by atoms with Crippen molar-refractivity contribution in [2.75, 3.05) is 11.9 Å². The molecule has 0 aliphatic heterocycles. The Kier molecular flexibility index (Phi) is 5.32. The minimum Gasteiger partial charge on any atom is -0.390 e. The van der Waals surface area contributed by atoms with E-state index in [0.29, 0.717) is 21.5 Å². The summed E-state index contributed by atoms with van der Waals surface area (Å²) in [5, 5.41) is 24.4. The number of carbonyl (C=O) groups is 1. The van der Waals surface area contributed by atoms with E-state index in [9.17, 15) is 15.0 Å². The number of carbonyl (C=O) groups excluding carboxylic acids is 1. The lowest BCUT2D eigenvalue weighted by molar-refractivity contribution is -0.128. The molecule has 0 spiro atoms. The molecule has 2 aromatic rings. The number of nitrogens with one attached hydrogen (secondary N) is 1. The molecule has 3 N–H and O–H groups in total. The predicted molar refractivity (Wildman–Crippen MR) is 98.9 cm³/mol. The molecule has 4 rings (SSSR count). The summed E-state index contributed by atoms with van der Waals surface area (Å²) in [5.74, 6) is 0.724. The average Bonchev–Trinajstić information content (AvgIpc) is 3.15. The molecule has 2 aliphatic rings. The van der Waals surface area contributed by atoms with Crippen molar-refractivity contribution in [3.8, 4) is 10.6 Å². The van der Waals surface area contributed by atoms with E-state index in [-0.39, 0.29) is 31.1 Å². The molecule has 2 saturated carbocycles. The third kappa shape index (κ3) is 3.96. The smallest absolute Gasteiger partial charge is 0.229 e. The summed E-state index contributed by atoms with van der Waals surface area (Å²) < 4.78 is 5.79. The summed E-state index contributed by atoms with van der Waals surface area (Å²) in [6.07, 6.45) is 4.33. The molecular weight excluding hydrogens is 374 g/mol. The van der Waals surface area contributed by atoms with Gasteiger partial charge in [-0.2, -0.15) is 0 Å². The van der Waals surface area contributed by atoms with Gasteiger partial charge in [0.25, 0.3) is 0 Å². The number of hydrogen-bond donors (Lipinski definition) is 3. The first-order valence-corrected chi connectivity index (χ1v) is 10.4. The fourth-order valence-electron chi connectivity index (χ4n) is 2.89. The van der Waals surface area contributed by atoms with E-state index in [0.717, 1.165) is 30.2 Å². The highest BCUT2D eigenvalue weighted by molar-refractivity contribution is 7.17. The highest BCUT2D eigenvalue weighted by atomic mass is 32.1. The molecule has 2 aliphatic carbocycles. The largest absolute Gasteiger partial charge is 0.390 e. The third-order valence-corrected chi connectivity index (χ3v) is 6.59. The van der Waals surface area contributed by atoms with Crippen molar-refractivity contribution < 1.29 is 19.7 Å². The van der Waals surface area contributed by atoms with Crippen molar-refractivity contribution in [1.29, 1.82) is 0 Å². The summed E-state index contributed by atoms with van der Waals surface area (Å²) in [4.78, 5) is 21.7. The molecule has 0 saturated heterocycles. The first-order valence-electron chi connectivity index (χ1n) is 8.75. The van der Waals surface area contributed by atoms with Crippen LogP contribution in [-0.4, -0.2) is 38.8 Å². The van der Waals surface area contributed by atoms with Crippen molar-refractivity contribution >= 4 is 33.7 Å². The molecule has 2 heterocycles. The Morgan fingerprint density at radius 1 is 1.27 bits per heavy atom. The van der Waals surface area contributed by atoms with Crippen LogP contribution in [0.25, 0.3) is 10.6 Å². The van der Waals surface area contributed by atoms with Crippen LogP contribution in [0.1, 0.15) is 36.4 Å². The van der Waals surface area contributed by atoms with E-state index in [1.807, 2.05) is 5.38 Å². The summed E-state index contributed by atoms with van der Waals surface area (Å²) in [7, 11) is 0. The molecule has 2 aromatic heterocycles. The standard InChI is InChI=1S/C17H21N3O4S2/c21-5-12-15(26-14(6-22)18-12)13-8-25-17(19-13)20-16(23)10-3-11(4-10)24-7-9-1-2-9/h8-11,21-22H,1-7H2,(H,19,20,23). The van der Waals surface area contributed by atoms with Gasteiger partial charge >= 0.3 is 0 Å². The lowest BCUT2D eigenvalue weighted by Crippen LogP contribution is -2.39. The number of anilines is 1. The van der Waals surface area contributed by atoms with Gasteiger partial charge < -0.3 is 20.3 Å². The van der Waals surface area contributed by atoms with Gasteiger partial charge in [-0.15, -0.1) is 22.7 Å². The Labute approximate surface area is 159 Å². The average molecular weight is 396 g/mol. The lowest BCUT2D eigenvalue weighted by Gasteiger charge is -2.33. The minimum atomic E-state index is -0.213. The summed E-state index contributed by atoms with van der Waals surface area (Å²) in [5.41, 5.74) is 1.16. The van der Waals surface area contributed by atoms with Crippen LogP contribution in [0.15, 0.2) is 5.38 Å². The molecule has 9 heteroatoms. The third-order valence-electron chi connectivity index (χ3n) is 4.72. The normalized spacial score (nSPS) is 22.2. The van der Waals surface area contributed by atoms with Gasteiger partial charge in [0.15, 0.2) is 5.13 Å². The minimum absolute atomic E-state index is 0.0102. The van der Waals surface area contributed by atoms with Crippen molar-refractivity contribution in [2.24, 2.45) is 11.8 Å². The van der Waals surface area contributed by atoms with E-state index in [1.54, 1.807) is 0 Å². The number of rotatable bonds is 8. The van der Waals surface area contributed by atoms with Crippen LogP contribution in [0.3, 0.4) is 0 Å². The van der Waals surface area contributed by atoms with Crippen molar-refractivity contribution in [3.63, 3.8) is 0 Å². The van der Waals surface area contributed by atoms with Gasteiger partial charge in [-0.25, -0.2) is 9.97 Å². The first-order chi connectivity index (χ1) is 12.7. The van der Waals surface area contributed by atoms with Gasteiger partial charge in [-0.05, 0) is 31.6 Å². The highest BCUT2D eigenvalue weighted by Crippen LogP contribution is 2.36. The molecule has 0 atom stereocenters. The Bertz CT molecular complexity index is 781. The van der Waals surface area contributed by atoms with Crippen LogP contribution in [-0.2, 0) is 22.7 Å². The van der Waals surface area contributed by atoms with Crippen LogP contribution in [0, 0.1) is 11.8 Å². The summed E-state index contributed by atoms with van der Waals surface area (Å²) in [6, 6.07) is 0. The first kappa shape index (κ1) is 18.0. The number of aromatic nitrogens is 2. The van der Waals surface area contributed by atoms with E-state index < -0.39 is 0 Å². The fourth-order valence-corrected chi connectivity index (χ4v) is 4.56. The van der Waals surface area contributed by atoms with Crippen LogP contribution >= 0.6 is 22.7 Å². The van der Waals surface area contributed by atoms with Gasteiger partial charge in [-0.1, -0.05) is 0 Å². The molecule has 2 fully saturated rings. The highest BCUT2D eigenvalue weighted by Gasteiger charge is 2.36. The SMILES string of the molecule is O=C(Nc1nc(-c2sc(CO)nc2CO)cs1)C1CC(OCC2CC2)C1. The Balaban J connectivity index is 1.32. The number of aliphatic hydroxyl groups excluding tert-OH is 2. The summed E-state index contributed by atoms with van der Waals surface area (Å²) >= 11 is 2.64. The second kappa shape index (κ2) is 7.69. The number of thiazole rings is 2. The topological polar surface area (TPSA) is 105 Å². The Hall–Kier alpha value is -1.39. The molecular formula is C17H21N3O4S2. The van der Waals surface area contributed by atoms with Crippen LogP contribution < -0.4 is 5.32 Å². The fraction of sp³-hybridized carbons (Fsp3) is 0.588. The maximum absolute atomic E-state index is 12.3. The van der Waals surface area contributed by atoms with Crippen LogP contribution in [0.2, 0.25) is 0 Å². The molecule has 0 unspecified atom stereocenters. The van der Waals surface area contributed by atoms with Gasteiger partial charge in [0.1, 0.15) is 5.01 Å². The monoisotopic (exact) mass is 395 g/mol. The number of ether oxygens (including phenoxy) is 1. The van der Waals surface area contributed by atoms with Crippen molar-refractivity contribution in [1.82, 2.24) is 9.97 Å². The lowest BCUT2D eigenvalue weighted by atomic mass is 9.81. The second-order valence-corrected chi connectivity index (χ2v) is 8.74. The van der Waals surface area contributed by atoms with E-state index in [2.05, 4.69) is 15.3 Å². The molecule has 0 aromatic carbocycles. The summed E-state index contributed by atoms with van der Waals surface area (Å²) in [6.45, 7) is 0.457. The van der Waals surface area contributed by atoms with Gasteiger partial charge in [0.2, 0.25) is 5.91 Å². The van der Waals surface area contributed by atoms with E-state index in [1.165, 1.54) is 35.5 Å². The van der Waals surface area contributed by atoms with Crippen LogP contribution in [0.5, 0.6) is 0 Å². The zero-order valence-corrected chi connectivity index (χ0v) is 15.8. The predicted octanol–water partition coefficient (Wildman–Crippen LogP) is 2.39. The van der Waals surface area contributed by atoms with Gasteiger partial charge in [0.05, 0.1) is 35.6 Å². The molecule has 1 amide bonds. The number of nitrogens with zero attached hydrogens (tertiary/aromatic N) is 2. The Morgan fingerprint density at radius 2 is 2.08 bits per heavy atom. The van der Waals surface area contributed by atoms with Crippen molar-refractivity contribution in [3.05, 3.63) is 16.1 Å². The maximum Gasteiger partial charge on any atom is 0.229 e. The molecule has 0 radical (unpaired) electrons. The maximum atomic E-state index is 12.3. The van der Waals surface area contributed by atoms with Gasteiger partial charge in [0, 0.05) is 17.9 Å². The zero-order chi connectivity index (χ0) is 18.1. The van der Waals surface area contributed by atoms with E-state index >= 15 is 0 Å². The van der Waals surface area contributed by atoms with Crippen LogP contribution in [0.4, 0.5) is 5.13 Å². The molecule has 7 nitrogen and oxygen atoms in total. The number of aliphatic hydroxyl groups is 2. The Morgan fingerprint density at radius 3 is 2.77 bits per heavy atom. The second-order valence-electron chi connectivity index (χ2n) is 6.79. The van der Waals surface area contributed by atoms with E-state index in [4.69, 9.17) is 4.74 Å². The molecule has 140 valence electrons. The number of hydrogen-bond acceptors (Lipinski definition) is 8. The quantitative estimate of drug-likeness (QED) is 0.634. The molecule has 0 bridgehead atoms. The molecule has 26 heavy (non-hydrogen) atoms. The van der Waals surface area contributed by atoms with Gasteiger partial charge in [-0.3, -0.25) is 4.79 Å². The zero-order valence-electron chi connectivity index (χ0n) is 14.2. The number of amides is 1. The van der Waals surface area contributed by atoms with Crippen molar-refractivity contribution in [2.45, 2.75) is 45.0 Å².